The van der Waals surface area contributed by atoms with Crippen molar-refractivity contribution in [3.8, 4) is 0 Å². The molecule has 2 aromatic carbocycles. The fraction of sp³-hybridized carbons (Fsp3) is 0.263. The Labute approximate surface area is 158 Å². The zero-order valence-electron chi connectivity index (χ0n) is 14.9. The first-order chi connectivity index (χ1) is 12.8. The molecule has 0 bridgehead atoms. The highest BCUT2D eigenvalue weighted by molar-refractivity contribution is 7.93. The van der Waals surface area contributed by atoms with Gasteiger partial charge in [0.25, 0.3) is 0 Å². The van der Waals surface area contributed by atoms with Crippen molar-refractivity contribution in [2.45, 2.75) is 19.9 Å². The molecule has 7 nitrogen and oxygen atoms in total. The SMILES string of the molecule is Cc1ccc(CNC(=O)C(=O)Nc2cccc(N3CCCS3(=O)=O)c2)cc1. The van der Waals surface area contributed by atoms with Gasteiger partial charge in [-0.15, -0.1) is 0 Å². The van der Waals surface area contributed by atoms with Crippen molar-refractivity contribution >= 4 is 33.2 Å². The Balaban J connectivity index is 1.61. The van der Waals surface area contributed by atoms with Crippen LogP contribution < -0.4 is 14.9 Å². The van der Waals surface area contributed by atoms with Gasteiger partial charge in [0.1, 0.15) is 0 Å². The summed E-state index contributed by atoms with van der Waals surface area (Å²) in [6, 6.07) is 14.1. The third-order valence-corrected chi connectivity index (χ3v) is 6.14. The van der Waals surface area contributed by atoms with Crippen LogP contribution in [-0.4, -0.2) is 32.5 Å². The van der Waals surface area contributed by atoms with E-state index in [4.69, 9.17) is 0 Å². The molecule has 2 aromatic rings. The Morgan fingerprint density at radius 3 is 2.48 bits per heavy atom. The van der Waals surface area contributed by atoms with Gasteiger partial charge in [0.15, 0.2) is 0 Å². The summed E-state index contributed by atoms with van der Waals surface area (Å²) in [5, 5.41) is 5.07. The Hall–Kier alpha value is -2.87. The monoisotopic (exact) mass is 387 g/mol. The van der Waals surface area contributed by atoms with Crippen molar-refractivity contribution in [3.63, 3.8) is 0 Å². The Bertz CT molecular complexity index is 955. The number of carbonyl (C=O) groups is 2. The van der Waals surface area contributed by atoms with E-state index in [0.29, 0.717) is 24.3 Å². The first-order valence-electron chi connectivity index (χ1n) is 8.60. The number of aryl methyl sites for hydroxylation is 1. The number of benzene rings is 2. The van der Waals surface area contributed by atoms with Gasteiger partial charge in [-0.25, -0.2) is 8.42 Å². The number of anilines is 2. The molecule has 1 aliphatic heterocycles. The molecule has 0 radical (unpaired) electrons. The summed E-state index contributed by atoms with van der Waals surface area (Å²) in [6.07, 6.45) is 0.570. The van der Waals surface area contributed by atoms with Gasteiger partial charge in [-0.3, -0.25) is 13.9 Å². The molecule has 1 saturated heterocycles. The van der Waals surface area contributed by atoms with Gasteiger partial charge in [0, 0.05) is 18.8 Å². The van der Waals surface area contributed by atoms with Gasteiger partial charge >= 0.3 is 11.8 Å². The summed E-state index contributed by atoms with van der Waals surface area (Å²) >= 11 is 0. The van der Waals surface area contributed by atoms with Crippen molar-refractivity contribution in [1.82, 2.24) is 5.32 Å². The van der Waals surface area contributed by atoms with Crippen molar-refractivity contribution in [2.24, 2.45) is 0 Å². The molecular weight excluding hydrogens is 366 g/mol. The fourth-order valence-corrected chi connectivity index (χ4v) is 4.38. The van der Waals surface area contributed by atoms with Crippen LogP contribution in [0.25, 0.3) is 0 Å². The molecule has 8 heteroatoms. The minimum atomic E-state index is -3.30. The standard InChI is InChI=1S/C19H21N3O4S/c1-14-6-8-15(9-7-14)13-20-18(23)19(24)21-16-4-2-5-17(12-16)22-10-3-11-27(22,25)26/h2,4-9,12H,3,10-11,13H2,1H3,(H,20,23)(H,21,24). The lowest BCUT2D eigenvalue weighted by molar-refractivity contribution is -0.136. The third kappa shape index (κ3) is 4.65. The van der Waals surface area contributed by atoms with Crippen LogP contribution in [0, 0.1) is 6.92 Å². The second kappa shape index (κ2) is 7.79. The summed E-state index contributed by atoms with van der Waals surface area (Å²) in [7, 11) is -3.30. The second-order valence-electron chi connectivity index (χ2n) is 6.41. The molecule has 2 amide bonds. The molecule has 0 aromatic heterocycles. The van der Waals surface area contributed by atoms with E-state index in [1.54, 1.807) is 24.3 Å². The average Bonchev–Trinajstić information content (AvgIpc) is 3.00. The van der Waals surface area contributed by atoms with Crippen LogP contribution in [0.4, 0.5) is 11.4 Å². The molecule has 0 aliphatic carbocycles. The van der Waals surface area contributed by atoms with Crippen LogP contribution in [0.2, 0.25) is 0 Å². The smallest absolute Gasteiger partial charge is 0.313 e. The zero-order chi connectivity index (χ0) is 19.4. The van der Waals surface area contributed by atoms with E-state index in [0.717, 1.165) is 11.1 Å². The van der Waals surface area contributed by atoms with Crippen molar-refractivity contribution in [3.05, 3.63) is 59.7 Å². The van der Waals surface area contributed by atoms with E-state index in [9.17, 15) is 18.0 Å². The van der Waals surface area contributed by atoms with E-state index in [2.05, 4.69) is 10.6 Å². The summed E-state index contributed by atoms with van der Waals surface area (Å²) < 4.78 is 25.4. The average molecular weight is 387 g/mol. The Kier molecular flexibility index (Phi) is 5.46. The number of amides is 2. The van der Waals surface area contributed by atoms with Crippen LogP contribution >= 0.6 is 0 Å². The number of hydrogen-bond acceptors (Lipinski definition) is 4. The molecule has 0 spiro atoms. The van der Waals surface area contributed by atoms with Crippen LogP contribution in [-0.2, 0) is 26.2 Å². The lowest BCUT2D eigenvalue weighted by atomic mass is 10.1. The number of hydrogen-bond donors (Lipinski definition) is 2. The van der Waals surface area contributed by atoms with Crippen LogP contribution in [0.15, 0.2) is 48.5 Å². The number of nitrogens with one attached hydrogen (secondary N) is 2. The lowest BCUT2D eigenvalue weighted by Crippen LogP contribution is -2.35. The highest BCUT2D eigenvalue weighted by Crippen LogP contribution is 2.26. The maximum Gasteiger partial charge on any atom is 0.313 e. The van der Waals surface area contributed by atoms with Crippen LogP contribution in [0.5, 0.6) is 0 Å². The van der Waals surface area contributed by atoms with E-state index in [-0.39, 0.29) is 12.3 Å². The number of carbonyl (C=O) groups excluding carboxylic acids is 2. The first-order valence-corrected chi connectivity index (χ1v) is 10.2. The summed E-state index contributed by atoms with van der Waals surface area (Å²) in [5.41, 5.74) is 2.85. The Morgan fingerprint density at radius 1 is 1.07 bits per heavy atom. The summed E-state index contributed by atoms with van der Waals surface area (Å²) in [4.78, 5) is 24.1. The molecule has 3 rings (SSSR count). The second-order valence-corrected chi connectivity index (χ2v) is 8.43. The van der Waals surface area contributed by atoms with Gasteiger partial charge < -0.3 is 10.6 Å². The number of rotatable bonds is 4. The zero-order valence-corrected chi connectivity index (χ0v) is 15.8. The molecule has 1 fully saturated rings. The highest BCUT2D eigenvalue weighted by atomic mass is 32.2. The number of sulfonamides is 1. The van der Waals surface area contributed by atoms with Gasteiger partial charge in [0.05, 0.1) is 11.4 Å². The molecule has 2 N–H and O–H groups in total. The van der Waals surface area contributed by atoms with E-state index in [1.165, 1.54) is 4.31 Å². The van der Waals surface area contributed by atoms with Crippen molar-refractivity contribution < 1.29 is 18.0 Å². The molecule has 1 aliphatic rings. The normalized spacial score (nSPS) is 15.4. The molecule has 142 valence electrons. The quantitative estimate of drug-likeness (QED) is 0.782. The van der Waals surface area contributed by atoms with E-state index < -0.39 is 21.8 Å². The predicted molar refractivity (Wildman–Crippen MR) is 104 cm³/mol. The maximum absolute atomic E-state index is 12.1. The van der Waals surface area contributed by atoms with Gasteiger partial charge in [-0.05, 0) is 37.1 Å². The predicted octanol–water partition coefficient (Wildman–Crippen LogP) is 1.79. The van der Waals surface area contributed by atoms with Crippen molar-refractivity contribution in [1.29, 1.82) is 0 Å². The van der Waals surface area contributed by atoms with Crippen molar-refractivity contribution in [2.75, 3.05) is 21.9 Å². The topological polar surface area (TPSA) is 95.6 Å². The van der Waals surface area contributed by atoms with Gasteiger partial charge in [-0.1, -0.05) is 35.9 Å². The summed E-state index contributed by atoms with van der Waals surface area (Å²) in [5.74, 6) is -1.44. The van der Waals surface area contributed by atoms with Gasteiger partial charge in [0.2, 0.25) is 10.0 Å². The van der Waals surface area contributed by atoms with E-state index >= 15 is 0 Å². The highest BCUT2D eigenvalue weighted by Gasteiger charge is 2.28. The lowest BCUT2D eigenvalue weighted by Gasteiger charge is -2.17. The molecule has 0 atom stereocenters. The minimum absolute atomic E-state index is 0.116. The van der Waals surface area contributed by atoms with E-state index in [1.807, 2.05) is 31.2 Å². The van der Waals surface area contributed by atoms with Gasteiger partial charge in [-0.2, -0.15) is 0 Å². The maximum atomic E-state index is 12.1. The molecule has 0 unspecified atom stereocenters. The summed E-state index contributed by atoms with van der Waals surface area (Å²) in [6.45, 7) is 2.63. The molecule has 27 heavy (non-hydrogen) atoms. The van der Waals surface area contributed by atoms with Crippen LogP contribution in [0.1, 0.15) is 17.5 Å². The van der Waals surface area contributed by atoms with Crippen LogP contribution in [0.3, 0.4) is 0 Å². The number of nitrogens with zero attached hydrogens (tertiary/aromatic N) is 1. The minimum Gasteiger partial charge on any atom is -0.344 e. The Morgan fingerprint density at radius 2 is 1.81 bits per heavy atom. The first kappa shape index (κ1) is 18.9. The molecule has 0 saturated carbocycles. The fourth-order valence-electron chi connectivity index (χ4n) is 2.82. The largest absolute Gasteiger partial charge is 0.344 e. The molecular formula is C19H21N3O4S. The molecule has 1 heterocycles. The third-order valence-electron chi connectivity index (χ3n) is 4.27.